The molecule has 31 heavy (non-hydrogen) atoms. The molecule has 0 atom stereocenters. The van der Waals surface area contributed by atoms with Gasteiger partial charge < -0.3 is 11.1 Å². The second-order valence-corrected chi connectivity index (χ2v) is 6.78. The summed E-state index contributed by atoms with van der Waals surface area (Å²) >= 11 is 0. The Bertz CT molecular complexity index is 1260. The Morgan fingerprint density at radius 3 is 1.94 bits per heavy atom. The van der Waals surface area contributed by atoms with Crippen LogP contribution in [0.2, 0.25) is 0 Å². The average Bonchev–Trinajstić information content (AvgIpc) is 3.45. The van der Waals surface area contributed by atoms with E-state index in [1.54, 1.807) is 44.7 Å². The third-order valence-electron chi connectivity index (χ3n) is 4.44. The van der Waals surface area contributed by atoms with Crippen LogP contribution in [0, 0.1) is 5.41 Å². The van der Waals surface area contributed by atoms with Crippen molar-refractivity contribution < 1.29 is 0 Å². The van der Waals surface area contributed by atoms with Crippen LogP contribution < -0.4 is 5.73 Å². The van der Waals surface area contributed by atoms with Gasteiger partial charge in [0.05, 0.1) is 0 Å². The minimum absolute atomic E-state index is 0.291. The van der Waals surface area contributed by atoms with E-state index in [-0.39, 0.29) is 0 Å². The molecule has 5 N–H and O–H groups in total. The zero-order valence-electron chi connectivity index (χ0n) is 17.0. The summed E-state index contributed by atoms with van der Waals surface area (Å²) in [6.45, 7) is 3.43. The largest absolute Gasteiger partial charge is 0.402 e. The summed E-state index contributed by atoms with van der Waals surface area (Å²) in [6, 6.07) is 7.36. The molecule has 10 heteroatoms. The lowest BCUT2D eigenvalue weighted by Gasteiger charge is -2.06. The molecule has 4 aromatic heterocycles. The highest BCUT2D eigenvalue weighted by molar-refractivity contribution is 6.22. The summed E-state index contributed by atoms with van der Waals surface area (Å²) in [5.41, 5.74) is 9.64. The van der Waals surface area contributed by atoms with Gasteiger partial charge in [-0.1, -0.05) is 0 Å². The van der Waals surface area contributed by atoms with Crippen molar-refractivity contribution in [1.82, 2.24) is 40.3 Å². The molecule has 0 amide bonds. The van der Waals surface area contributed by atoms with Crippen LogP contribution in [-0.2, 0) is 0 Å². The third kappa shape index (κ3) is 4.27. The highest BCUT2D eigenvalue weighted by atomic mass is 15.2. The summed E-state index contributed by atoms with van der Waals surface area (Å²) < 4.78 is 0. The van der Waals surface area contributed by atoms with E-state index in [9.17, 15) is 0 Å². The predicted octanol–water partition coefficient (Wildman–Crippen LogP) is 2.86. The molecule has 0 radical (unpaired) electrons. The quantitative estimate of drug-likeness (QED) is 0.280. The molecule has 0 saturated carbocycles. The van der Waals surface area contributed by atoms with Crippen LogP contribution in [0.15, 0.2) is 60.8 Å². The molecule has 0 aromatic carbocycles. The van der Waals surface area contributed by atoms with E-state index in [0.717, 1.165) is 11.1 Å². The fourth-order valence-electron chi connectivity index (χ4n) is 2.88. The number of hydrogen-bond donors (Lipinski definition) is 4. The van der Waals surface area contributed by atoms with Gasteiger partial charge in [0, 0.05) is 58.5 Å². The lowest BCUT2D eigenvalue weighted by molar-refractivity contribution is 1.07. The first-order valence-corrected chi connectivity index (χ1v) is 9.43. The molecule has 0 aliphatic heterocycles. The van der Waals surface area contributed by atoms with Crippen LogP contribution in [0.3, 0.4) is 0 Å². The van der Waals surface area contributed by atoms with E-state index < -0.39 is 0 Å². The number of allylic oxidation sites excluding steroid dienone is 4. The highest BCUT2D eigenvalue weighted by Gasteiger charge is 2.16. The number of pyridine rings is 2. The molecule has 0 spiro atoms. The maximum Gasteiger partial charge on any atom is 0.183 e. The van der Waals surface area contributed by atoms with Crippen molar-refractivity contribution in [3.63, 3.8) is 0 Å². The fraction of sp³-hybridized carbons (Fsp3) is 0.0952. The molecular weight excluding hydrogens is 392 g/mol. The van der Waals surface area contributed by atoms with E-state index in [1.165, 1.54) is 0 Å². The summed E-state index contributed by atoms with van der Waals surface area (Å²) in [5.74, 6) is 1.91. The smallest absolute Gasteiger partial charge is 0.183 e. The molecule has 10 nitrogen and oxygen atoms in total. The van der Waals surface area contributed by atoms with E-state index in [4.69, 9.17) is 11.1 Å². The summed E-state index contributed by atoms with van der Waals surface area (Å²) in [4.78, 5) is 17.3. The van der Waals surface area contributed by atoms with Crippen LogP contribution in [0.5, 0.6) is 0 Å². The Morgan fingerprint density at radius 2 is 1.45 bits per heavy atom. The van der Waals surface area contributed by atoms with Crippen molar-refractivity contribution in [2.24, 2.45) is 5.73 Å². The Morgan fingerprint density at radius 1 is 0.903 bits per heavy atom. The van der Waals surface area contributed by atoms with E-state index >= 15 is 0 Å². The van der Waals surface area contributed by atoms with Gasteiger partial charge in [-0.05, 0) is 44.2 Å². The van der Waals surface area contributed by atoms with E-state index in [1.807, 2.05) is 24.3 Å². The van der Waals surface area contributed by atoms with Crippen LogP contribution in [0.4, 0.5) is 0 Å². The normalized spacial score (nSPS) is 12.5. The molecule has 0 aliphatic rings. The molecule has 4 aromatic rings. The molecular formula is C21H20N10. The molecule has 0 saturated heterocycles. The number of H-pyrrole nitrogens is 2. The summed E-state index contributed by atoms with van der Waals surface area (Å²) in [5, 5.41) is 22.6. The molecule has 154 valence electrons. The van der Waals surface area contributed by atoms with E-state index in [0.29, 0.717) is 45.9 Å². The molecule has 0 aliphatic carbocycles. The molecule has 0 fully saturated rings. The van der Waals surface area contributed by atoms with Crippen LogP contribution >= 0.6 is 0 Å². The van der Waals surface area contributed by atoms with Crippen molar-refractivity contribution >= 4 is 16.9 Å². The van der Waals surface area contributed by atoms with Gasteiger partial charge in [0.1, 0.15) is 0 Å². The minimum Gasteiger partial charge on any atom is -0.402 e. The van der Waals surface area contributed by atoms with Crippen LogP contribution in [0.1, 0.15) is 25.5 Å². The second kappa shape index (κ2) is 8.49. The Hall–Kier alpha value is -4.47. The van der Waals surface area contributed by atoms with Crippen molar-refractivity contribution in [3.8, 4) is 22.8 Å². The van der Waals surface area contributed by atoms with Gasteiger partial charge in [-0.25, -0.2) is 9.97 Å². The zero-order chi connectivity index (χ0) is 21.8. The Balaban J connectivity index is 1.72. The van der Waals surface area contributed by atoms with Gasteiger partial charge in [0.15, 0.2) is 23.3 Å². The lowest BCUT2D eigenvalue weighted by Crippen LogP contribution is -2.03. The van der Waals surface area contributed by atoms with Crippen LogP contribution in [-0.4, -0.2) is 46.0 Å². The van der Waals surface area contributed by atoms with E-state index in [2.05, 4.69) is 40.3 Å². The molecule has 0 bridgehead atoms. The topological polar surface area (TPSA) is 159 Å². The number of nitrogens with one attached hydrogen (secondary N) is 3. The number of nitrogens with zero attached hydrogens (tertiary/aromatic N) is 6. The summed E-state index contributed by atoms with van der Waals surface area (Å²) in [7, 11) is 0. The van der Waals surface area contributed by atoms with Gasteiger partial charge in [-0.2, -0.15) is 10.2 Å². The van der Waals surface area contributed by atoms with Crippen molar-refractivity contribution in [2.75, 3.05) is 0 Å². The molecule has 4 heterocycles. The number of hydrogen-bond acceptors (Lipinski definition) is 8. The van der Waals surface area contributed by atoms with Gasteiger partial charge in [0.25, 0.3) is 0 Å². The monoisotopic (exact) mass is 412 g/mol. The number of aromatic amines is 2. The number of aromatic nitrogens is 8. The van der Waals surface area contributed by atoms with Crippen molar-refractivity contribution in [1.29, 1.82) is 5.41 Å². The highest BCUT2D eigenvalue weighted by Crippen LogP contribution is 2.24. The Kier molecular flexibility index (Phi) is 5.43. The first kappa shape index (κ1) is 19.8. The molecule has 4 rings (SSSR count). The average molecular weight is 412 g/mol. The van der Waals surface area contributed by atoms with Gasteiger partial charge in [-0.15, -0.1) is 0 Å². The zero-order valence-corrected chi connectivity index (χ0v) is 17.0. The van der Waals surface area contributed by atoms with Gasteiger partial charge in [-0.3, -0.25) is 20.2 Å². The first-order valence-electron chi connectivity index (χ1n) is 9.43. The lowest BCUT2D eigenvalue weighted by atomic mass is 10.1. The Labute approximate surface area is 177 Å². The minimum atomic E-state index is 0.291. The maximum absolute atomic E-state index is 8.25. The maximum atomic E-state index is 8.25. The van der Waals surface area contributed by atoms with Crippen LogP contribution in [0.25, 0.3) is 33.9 Å². The number of nitrogens with two attached hydrogens (primary N) is 1. The van der Waals surface area contributed by atoms with Gasteiger partial charge >= 0.3 is 0 Å². The third-order valence-corrected chi connectivity index (χ3v) is 4.44. The summed E-state index contributed by atoms with van der Waals surface area (Å²) in [6.07, 6.45) is 8.48. The fourth-order valence-corrected chi connectivity index (χ4v) is 2.88. The SMILES string of the molecule is CC(=N)/C(=C/C(=C(\C)N)c1nc(-c2cccnc2)n[nH]1)c1nc(-c2cccnc2)n[nH]1. The predicted molar refractivity (Wildman–Crippen MR) is 117 cm³/mol. The first-order chi connectivity index (χ1) is 15.0. The van der Waals surface area contributed by atoms with Crippen molar-refractivity contribution in [2.45, 2.75) is 13.8 Å². The standard InChI is InChI=1S/C21H20N10/c1-12(22)16(20-26-18(28-30-20)14-5-3-7-24-10-14)9-17(13(2)23)21-27-19(29-31-21)15-6-4-8-25-11-15/h3-11,22H,23H2,1-2H3,(H,26,28,30)(H,27,29,31)/b16-9-,17-13-,22-12?. The number of rotatable bonds is 6. The second-order valence-electron chi connectivity index (χ2n) is 6.78. The van der Waals surface area contributed by atoms with Crippen molar-refractivity contribution in [3.05, 3.63) is 72.5 Å². The van der Waals surface area contributed by atoms with Gasteiger partial charge in [0.2, 0.25) is 0 Å². The molecule has 0 unspecified atom stereocenters.